The van der Waals surface area contributed by atoms with Crippen LogP contribution in [0, 0.1) is 11.8 Å². The van der Waals surface area contributed by atoms with Gasteiger partial charge in [-0.15, -0.1) is 0 Å². The average Bonchev–Trinajstić information content (AvgIpc) is 2.91. The molecule has 86 valence electrons. The minimum absolute atomic E-state index is 0.276. The summed E-state index contributed by atoms with van der Waals surface area (Å²) in [6.07, 6.45) is 1.22. The molecule has 1 aliphatic carbocycles. The molecule has 2 atom stereocenters. The fourth-order valence-electron chi connectivity index (χ4n) is 1.77. The van der Waals surface area contributed by atoms with Gasteiger partial charge in [-0.1, -0.05) is 18.5 Å². The Morgan fingerprint density at radius 3 is 2.88 bits per heavy atom. The van der Waals surface area contributed by atoms with Crippen molar-refractivity contribution in [2.75, 3.05) is 11.9 Å². The molecular weight excluding hydrogens is 226 g/mol. The van der Waals surface area contributed by atoms with Gasteiger partial charge in [0, 0.05) is 11.6 Å². The summed E-state index contributed by atoms with van der Waals surface area (Å²) < 4.78 is 0. The average molecular weight is 240 g/mol. The van der Waals surface area contributed by atoms with Gasteiger partial charge in [0.05, 0.1) is 11.3 Å². The fraction of sp³-hybridized carbons (Fsp3) is 0.417. The van der Waals surface area contributed by atoms with Gasteiger partial charge in [0.1, 0.15) is 0 Å². The molecule has 0 saturated heterocycles. The highest BCUT2D eigenvalue weighted by molar-refractivity contribution is 6.31. The highest BCUT2D eigenvalue weighted by Gasteiger charge is 2.32. The van der Waals surface area contributed by atoms with E-state index in [0.29, 0.717) is 16.6 Å². The Morgan fingerprint density at radius 1 is 1.62 bits per heavy atom. The van der Waals surface area contributed by atoms with Crippen molar-refractivity contribution in [1.82, 2.24) is 0 Å². The van der Waals surface area contributed by atoms with Crippen molar-refractivity contribution in [2.24, 2.45) is 11.8 Å². The molecule has 1 aliphatic rings. The number of carboxylic acids is 1. The number of hydrogen-bond acceptors (Lipinski definition) is 2. The maximum Gasteiger partial charge on any atom is 0.337 e. The molecule has 2 N–H and O–H groups in total. The number of anilines is 1. The van der Waals surface area contributed by atoms with Gasteiger partial charge in [-0.25, -0.2) is 4.79 Å². The van der Waals surface area contributed by atoms with Crippen molar-refractivity contribution in [2.45, 2.75) is 13.3 Å². The highest BCUT2D eigenvalue weighted by atomic mass is 35.5. The number of benzene rings is 1. The quantitative estimate of drug-likeness (QED) is 0.849. The first-order valence-corrected chi connectivity index (χ1v) is 5.72. The zero-order valence-corrected chi connectivity index (χ0v) is 9.79. The zero-order chi connectivity index (χ0) is 11.7. The Balaban J connectivity index is 2.10. The molecule has 2 rings (SSSR count). The second kappa shape index (κ2) is 4.34. The van der Waals surface area contributed by atoms with Gasteiger partial charge in [0.15, 0.2) is 0 Å². The van der Waals surface area contributed by atoms with Crippen LogP contribution < -0.4 is 5.32 Å². The van der Waals surface area contributed by atoms with Crippen molar-refractivity contribution in [3.8, 4) is 0 Å². The van der Waals surface area contributed by atoms with Gasteiger partial charge in [0.25, 0.3) is 0 Å². The van der Waals surface area contributed by atoms with E-state index in [2.05, 4.69) is 12.2 Å². The summed E-state index contributed by atoms with van der Waals surface area (Å²) in [4.78, 5) is 11.0. The number of carboxylic acid groups (broad SMARTS) is 1. The molecule has 0 bridgehead atoms. The minimum Gasteiger partial charge on any atom is -0.478 e. The third-order valence-corrected chi connectivity index (χ3v) is 3.28. The van der Waals surface area contributed by atoms with Crippen molar-refractivity contribution in [1.29, 1.82) is 0 Å². The Hall–Kier alpha value is -1.22. The maximum absolute atomic E-state index is 11.0. The van der Waals surface area contributed by atoms with Gasteiger partial charge in [0.2, 0.25) is 0 Å². The molecule has 3 nitrogen and oxygen atoms in total. The lowest BCUT2D eigenvalue weighted by atomic mass is 10.1. The fourth-order valence-corrected chi connectivity index (χ4v) is 1.95. The third kappa shape index (κ3) is 2.47. The van der Waals surface area contributed by atoms with E-state index >= 15 is 0 Å². The molecule has 1 fully saturated rings. The normalized spacial score (nSPS) is 22.9. The van der Waals surface area contributed by atoms with Crippen LogP contribution >= 0.6 is 11.6 Å². The second-order valence-corrected chi connectivity index (χ2v) is 4.79. The number of carbonyl (C=O) groups is 1. The largest absolute Gasteiger partial charge is 0.478 e. The molecule has 1 aromatic carbocycles. The molecule has 16 heavy (non-hydrogen) atoms. The van der Waals surface area contributed by atoms with Crippen molar-refractivity contribution < 1.29 is 9.90 Å². The van der Waals surface area contributed by atoms with Crippen molar-refractivity contribution in [3.05, 3.63) is 28.8 Å². The first-order chi connectivity index (χ1) is 7.58. The standard InChI is InChI=1S/C12H14ClNO2/c1-7-4-8(7)6-14-11-5-9(13)2-3-10(11)12(15)16/h2-3,5,7-8,14H,4,6H2,1H3,(H,15,16). The van der Waals surface area contributed by atoms with Crippen LogP contribution in [0.4, 0.5) is 5.69 Å². The molecule has 0 heterocycles. The number of rotatable bonds is 4. The van der Waals surface area contributed by atoms with Crippen LogP contribution in [0.1, 0.15) is 23.7 Å². The van der Waals surface area contributed by atoms with E-state index in [9.17, 15) is 4.79 Å². The highest BCUT2D eigenvalue weighted by Crippen LogP contribution is 2.37. The Bertz CT molecular complexity index is 419. The summed E-state index contributed by atoms with van der Waals surface area (Å²) in [6, 6.07) is 4.79. The number of halogens is 1. The lowest BCUT2D eigenvalue weighted by Gasteiger charge is -2.09. The topological polar surface area (TPSA) is 49.3 Å². The van der Waals surface area contributed by atoms with Crippen LogP contribution in [0.15, 0.2) is 18.2 Å². The first-order valence-electron chi connectivity index (χ1n) is 5.34. The van der Waals surface area contributed by atoms with E-state index in [1.165, 1.54) is 12.5 Å². The Morgan fingerprint density at radius 2 is 2.31 bits per heavy atom. The van der Waals surface area contributed by atoms with Crippen molar-refractivity contribution >= 4 is 23.3 Å². The van der Waals surface area contributed by atoms with E-state index < -0.39 is 5.97 Å². The smallest absolute Gasteiger partial charge is 0.337 e. The molecule has 0 radical (unpaired) electrons. The Kier molecular flexibility index (Phi) is 3.06. The van der Waals surface area contributed by atoms with Gasteiger partial charge in [-0.2, -0.15) is 0 Å². The van der Waals surface area contributed by atoms with Crippen LogP contribution in [0.25, 0.3) is 0 Å². The molecule has 0 aromatic heterocycles. The van der Waals surface area contributed by atoms with Crippen molar-refractivity contribution in [3.63, 3.8) is 0 Å². The number of nitrogens with one attached hydrogen (secondary N) is 1. The van der Waals surface area contributed by atoms with E-state index in [0.717, 1.165) is 12.5 Å². The van der Waals surface area contributed by atoms with Crippen LogP contribution in [0.2, 0.25) is 5.02 Å². The maximum atomic E-state index is 11.0. The molecule has 2 unspecified atom stereocenters. The minimum atomic E-state index is -0.928. The number of aromatic carboxylic acids is 1. The lowest BCUT2D eigenvalue weighted by molar-refractivity contribution is 0.0698. The van der Waals surface area contributed by atoms with Crippen LogP contribution in [-0.4, -0.2) is 17.6 Å². The molecule has 0 aliphatic heterocycles. The summed E-state index contributed by atoms with van der Waals surface area (Å²) >= 11 is 5.85. The Labute approximate surface area is 99.4 Å². The summed E-state index contributed by atoms with van der Waals surface area (Å²) in [5, 5.41) is 12.7. The SMILES string of the molecule is CC1CC1CNc1cc(Cl)ccc1C(=O)O. The van der Waals surface area contributed by atoms with Crippen LogP contribution in [-0.2, 0) is 0 Å². The van der Waals surface area contributed by atoms with Gasteiger partial charge >= 0.3 is 5.97 Å². The predicted octanol–water partition coefficient (Wildman–Crippen LogP) is 3.11. The van der Waals surface area contributed by atoms with Crippen LogP contribution in [0.3, 0.4) is 0 Å². The second-order valence-electron chi connectivity index (χ2n) is 4.35. The van der Waals surface area contributed by atoms with Gasteiger partial charge < -0.3 is 10.4 Å². The molecular formula is C12H14ClNO2. The zero-order valence-electron chi connectivity index (χ0n) is 9.03. The van der Waals surface area contributed by atoms with E-state index in [1.807, 2.05) is 0 Å². The molecule has 1 saturated carbocycles. The summed E-state index contributed by atoms with van der Waals surface area (Å²) in [5.41, 5.74) is 0.886. The monoisotopic (exact) mass is 239 g/mol. The summed E-state index contributed by atoms with van der Waals surface area (Å²) in [7, 11) is 0. The van der Waals surface area contributed by atoms with E-state index in [4.69, 9.17) is 16.7 Å². The third-order valence-electron chi connectivity index (χ3n) is 3.04. The van der Waals surface area contributed by atoms with E-state index in [1.54, 1.807) is 12.1 Å². The molecule has 4 heteroatoms. The van der Waals surface area contributed by atoms with Crippen LogP contribution in [0.5, 0.6) is 0 Å². The number of hydrogen-bond donors (Lipinski definition) is 2. The van der Waals surface area contributed by atoms with Gasteiger partial charge in [-0.05, 0) is 36.5 Å². The lowest BCUT2D eigenvalue weighted by Crippen LogP contribution is -2.09. The van der Waals surface area contributed by atoms with Gasteiger partial charge in [-0.3, -0.25) is 0 Å². The molecule has 1 aromatic rings. The summed E-state index contributed by atoms with van der Waals surface area (Å²) in [5.74, 6) is 0.489. The molecule has 0 amide bonds. The molecule has 0 spiro atoms. The summed E-state index contributed by atoms with van der Waals surface area (Å²) in [6.45, 7) is 3.02. The first kappa shape index (κ1) is 11.3. The van der Waals surface area contributed by atoms with E-state index in [-0.39, 0.29) is 5.56 Å². The predicted molar refractivity (Wildman–Crippen MR) is 64.2 cm³/mol.